The van der Waals surface area contributed by atoms with E-state index in [1.807, 2.05) is 0 Å². The Morgan fingerprint density at radius 1 is 0.864 bits per heavy atom. The third-order valence-corrected chi connectivity index (χ3v) is 3.12. The second-order valence-electron chi connectivity index (χ2n) is 4.29. The molecule has 0 spiro atoms. The predicted octanol–water partition coefficient (Wildman–Crippen LogP) is 2.56. The smallest absolute Gasteiger partial charge is 0.373 e. The molecule has 0 aromatic heterocycles. The van der Waals surface area contributed by atoms with Gasteiger partial charge in [0.05, 0.1) is 25.3 Å². The molecule has 0 unspecified atom stereocenters. The highest BCUT2D eigenvalue weighted by molar-refractivity contribution is 6.15. The maximum absolute atomic E-state index is 12.7. The molecule has 1 N–H and O–H groups in total. The van der Waals surface area contributed by atoms with Crippen molar-refractivity contribution >= 4 is 11.8 Å². The Morgan fingerprint density at radius 2 is 1.50 bits per heavy atom. The molecule has 2 rings (SSSR count). The Labute approximate surface area is 126 Å². The fourth-order valence-corrected chi connectivity index (χ4v) is 2.12. The van der Waals surface area contributed by atoms with Gasteiger partial charge in [-0.15, -0.1) is 0 Å². The molecule has 0 radical (unpaired) electrons. The van der Waals surface area contributed by atoms with Crippen molar-refractivity contribution in [2.75, 3.05) is 14.2 Å². The number of carbonyl (C=O) groups excluding carboxylic acids is 2. The van der Waals surface area contributed by atoms with Gasteiger partial charge in [0, 0.05) is 5.56 Å². The normalized spacial score (nSPS) is 9.95. The maximum Gasteiger partial charge on any atom is 0.373 e. The molecule has 0 aliphatic heterocycles. The van der Waals surface area contributed by atoms with Crippen LogP contribution in [0.25, 0.3) is 0 Å². The summed E-state index contributed by atoms with van der Waals surface area (Å²) in [5.41, 5.74) is 0.285. The third-order valence-electron chi connectivity index (χ3n) is 3.12. The minimum atomic E-state index is -1.01. The zero-order valence-electron chi connectivity index (χ0n) is 12.0. The number of methoxy groups -OCH3 is 2. The number of hydrogen-bond acceptors (Lipinski definition) is 6. The van der Waals surface area contributed by atoms with E-state index in [4.69, 9.17) is 14.7 Å². The van der Waals surface area contributed by atoms with Gasteiger partial charge in [-0.2, -0.15) is 5.26 Å². The first kappa shape index (κ1) is 15.5. The van der Waals surface area contributed by atoms with Gasteiger partial charge in [0.15, 0.2) is 17.3 Å². The van der Waals surface area contributed by atoms with E-state index in [9.17, 15) is 9.59 Å². The topological polar surface area (TPSA) is 82.1 Å². The van der Waals surface area contributed by atoms with E-state index >= 15 is 0 Å². The predicted molar refractivity (Wildman–Crippen MR) is 77.5 cm³/mol. The first-order valence-electron chi connectivity index (χ1n) is 6.34. The Kier molecular flexibility index (Phi) is 4.75. The van der Waals surface area contributed by atoms with Gasteiger partial charge in [-0.05, 0) is 18.2 Å². The summed E-state index contributed by atoms with van der Waals surface area (Å²) in [6.07, 6.45) is 0. The molecular formula is C16H14O6. The van der Waals surface area contributed by atoms with Crippen molar-refractivity contribution in [3.63, 3.8) is 0 Å². The van der Waals surface area contributed by atoms with Crippen molar-refractivity contribution in [3.05, 3.63) is 59.2 Å². The van der Waals surface area contributed by atoms with Gasteiger partial charge in [-0.25, -0.2) is 4.79 Å². The molecule has 0 bridgehead atoms. The minimum absolute atomic E-state index is 0.0418. The second kappa shape index (κ2) is 6.73. The standard InChI is InChI=1S/C16H14O6/c1-20-13-9-5-8-12(15(13)21-2)14(17)10-6-3-4-7-11(10)16(18)22-19/h3-9,19H,1-2H3. The largest absolute Gasteiger partial charge is 0.493 e. The van der Waals surface area contributed by atoms with Gasteiger partial charge >= 0.3 is 5.97 Å². The Balaban J connectivity index is 2.57. The molecule has 114 valence electrons. The van der Waals surface area contributed by atoms with Gasteiger partial charge < -0.3 is 9.47 Å². The summed E-state index contributed by atoms with van der Waals surface area (Å²) in [4.78, 5) is 28.0. The van der Waals surface area contributed by atoms with Crippen LogP contribution in [0.4, 0.5) is 0 Å². The van der Waals surface area contributed by atoms with Crippen LogP contribution in [0.3, 0.4) is 0 Å². The van der Waals surface area contributed by atoms with Crippen molar-refractivity contribution in [2.24, 2.45) is 0 Å². The fourth-order valence-electron chi connectivity index (χ4n) is 2.12. The number of benzene rings is 2. The lowest BCUT2D eigenvalue weighted by molar-refractivity contribution is -0.182. The first-order chi connectivity index (χ1) is 10.6. The molecule has 0 saturated carbocycles. The van der Waals surface area contributed by atoms with Crippen LogP contribution in [-0.2, 0) is 4.89 Å². The van der Waals surface area contributed by atoms with Gasteiger partial charge in [0.2, 0.25) is 0 Å². The maximum atomic E-state index is 12.7. The molecule has 2 aromatic rings. The van der Waals surface area contributed by atoms with E-state index in [2.05, 4.69) is 4.89 Å². The molecule has 0 amide bonds. The van der Waals surface area contributed by atoms with Crippen molar-refractivity contribution in [2.45, 2.75) is 0 Å². The van der Waals surface area contributed by atoms with E-state index in [1.54, 1.807) is 30.3 Å². The summed E-state index contributed by atoms with van der Waals surface area (Å²) in [5.74, 6) is -0.791. The Bertz CT molecular complexity index is 708. The number of carbonyl (C=O) groups is 2. The van der Waals surface area contributed by atoms with Crippen molar-refractivity contribution in [3.8, 4) is 11.5 Å². The summed E-state index contributed by atoms with van der Waals surface area (Å²) >= 11 is 0. The van der Waals surface area contributed by atoms with Crippen molar-refractivity contribution < 1.29 is 29.2 Å². The van der Waals surface area contributed by atoms with Gasteiger partial charge in [0.1, 0.15) is 0 Å². The van der Waals surface area contributed by atoms with E-state index in [-0.39, 0.29) is 22.4 Å². The highest BCUT2D eigenvalue weighted by atomic mass is 17.1. The average Bonchev–Trinajstić information content (AvgIpc) is 2.59. The highest BCUT2D eigenvalue weighted by Gasteiger charge is 2.23. The monoisotopic (exact) mass is 302 g/mol. The summed E-state index contributed by atoms with van der Waals surface area (Å²) in [5, 5.41) is 8.54. The lowest BCUT2D eigenvalue weighted by atomic mass is 9.97. The molecule has 0 aliphatic carbocycles. The van der Waals surface area contributed by atoms with Crippen LogP contribution in [-0.4, -0.2) is 31.2 Å². The molecule has 6 heteroatoms. The van der Waals surface area contributed by atoms with Crippen LogP contribution in [0.2, 0.25) is 0 Å². The summed E-state index contributed by atoms with van der Waals surface area (Å²) in [6, 6.07) is 10.9. The first-order valence-corrected chi connectivity index (χ1v) is 6.34. The minimum Gasteiger partial charge on any atom is -0.493 e. The number of ether oxygens (including phenoxy) is 2. The van der Waals surface area contributed by atoms with Gasteiger partial charge in [-0.1, -0.05) is 24.3 Å². The zero-order chi connectivity index (χ0) is 16.1. The number of ketones is 1. The second-order valence-corrected chi connectivity index (χ2v) is 4.29. The van der Waals surface area contributed by atoms with Gasteiger partial charge in [0.25, 0.3) is 0 Å². The molecule has 0 heterocycles. The summed E-state index contributed by atoms with van der Waals surface area (Å²) in [7, 11) is 2.88. The third kappa shape index (κ3) is 2.77. The van der Waals surface area contributed by atoms with E-state index in [1.165, 1.54) is 26.4 Å². The van der Waals surface area contributed by atoms with Crippen LogP contribution < -0.4 is 9.47 Å². The Hall–Kier alpha value is -2.86. The number of para-hydroxylation sites is 1. The van der Waals surface area contributed by atoms with E-state index in [0.717, 1.165) is 0 Å². The SMILES string of the molecule is COc1cccc(C(=O)c2ccccc2C(=O)OO)c1OC. The van der Waals surface area contributed by atoms with Gasteiger partial charge in [-0.3, -0.25) is 9.68 Å². The van der Waals surface area contributed by atoms with Crippen LogP contribution in [0, 0.1) is 0 Å². The molecular weight excluding hydrogens is 288 g/mol. The van der Waals surface area contributed by atoms with E-state index < -0.39 is 11.8 Å². The Morgan fingerprint density at radius 3 is 2.09 bits per heavy atom. The van der Waals surface area contributed by atoms with Crippen LogP contribution in [0.5, 0.6) is 11.5 Å². The molecule has 6 nitrogen and oxygen atoms in total. The number of hydrogen-bond donors (Lipinski definition) is 1. The van der Waals surface area contributed by atoms with Crippen LogP contribution in [0.1, 0.15) is 26.3 Å². The quantitative estimate of drug-likeness (QED) is 0.519. The lowest BCUT2D eigenvalue weighted by Gasteiger charge is -2.12. The van der Waals surface area contributed by atoms with E-state index in [0.29, 0.717) is 5.75 Å². The highest BCUT2D eigenvalue weighted by Crippen LogP contribution is 2.32. The summed E-state index contributed by atoms with van der Waals surface area (Å²) < 4.78 is 10.4. The molecule has 0 aliphatic rings. The molecule has 0 fully saturated rings. The zero-order valence-corrected chi connectivity index (χ0v) is 12.0. The average molecular weight is 302 g/mol. The molecule has 22 heavy (non-hydrogen) atoms. The van der Waals surface area contributed by atoms with Crippen LogP contribution in [0.15, 0.2) is 42.5 Å². The van der Waals surface area contributed by atoms with Crippen LogP contribution >= 0.6 is 0 Å². The van der Waals surface area contributed by atoms with Crippen molar-refractivity contribution in [1.29, 1.82) is 0 Å². The number of rotatable bonds is 5. The summed E-state index contributed by atoms with van der Waals surface area (Å²) in [6.45, 7) is 0. The lowest BCUT2D eigenvalue weighted by Crippen LogP contribution is -2.12. The molecule has 0 saturated heterocycles. The molecule has 2 aromatic carbocycles. The molecule has 0 atom stereocenters. The fraction of sp³-hybridized carbons (Fsp3) is 0.125. The van der Waals surface area contributed by atoms with Crippen molar-refractivity contribution in [1.82, 2.24) is 0 Å².